The lowest BCUT2D eigenvalue weighted by Gasteiger charge is -2.32. The van der Waals surface area contributed by atoms with Crippen LogP contribution in [0.4, 0.5) is 4.79 Å². The van der Waals surface area contributed by atoms with Crippen LogP contribution in [0.3, 0.4) is 0 Å². The number of rotatable bonds is 4. The maximum absolute atomic E-state index is 12.0. The van der Waals surface area contributed by atoms with Crippen molar-refractivity contribution in [2.45, 2.75) is 26.0 Å². The van der Waals surface area contributed by atoms with Crippen molar-refractivity contribution in [1.29, 1.82) is 0 Å². The molecule has 0 radical (unpaired) electrons. The standard InChI is InChI=1S/C13H18N2O5/c1-9-2-3-10(20-9)7-14-13(18)15-4-5-19-11(8-15)6-12(16)17/h2-3,11H,4-8H2,1H3,(H,14,18)(H,16,17). The van der Waals surface area contributed by atoms with E-state index in [-0.39, 0.29) is 19.0 Å². The number of urea groups is 1. The van der Waals surface area contributed by atoms with Crippen molar-refractivity contribution in [3.8, 4) is 0 Å². The molecule has 2 amide bonds. The van der Waals surface area contributed by atoms with Crippen molar-refractivity contribution < 1.29 is 23.8 Å². The Hall–Kier alpha value is -2.02. The minimum Gasteiger partial charge on any atom is -0.481 e. The van der Waals surface area contributed by atoms with Crippen LogP contribution in [-0.2, 0) is 16.1 Å². The van der Waals surface area contributed by atoms with Crippen molar-refractivity contribution >= 4 is 12.0 Å². The SMILES string of the molecule is Cc1ccc(CNC(=O)N2CCOC(CC(=O)O)C2)o1. The number of hydrogen-bond donors (Lipinski definition) is 2. The van der Waals surface area contributed by atoms with Crippen LogP contribution in [0.15, 0.2) is 16.5 Å². The Morgan fingerprint density at radius 1 is 1.50 bits per heavy atom. The number of hydrogen-bond acceptors (Lipinski definition) is 4. The van der Waals surface area contributed by atoms with Gasteiger partial charge in [0.1, 0.15) is 11.5 Å². The van der Waals surface area contributed by atoms with Crippen LogP contribution >= 0.6 is 0 Å². The zero-order valence-corrected chi connectivity index (χ0v) is 11.3. The third-order valence-electron chi connectivity index (χ3n) is 3.04. The lowest BCUT2D eigenvalue weighted by atomic mass is 10.2. The molecule has 0 aromatic carbocycles. The minimum atomic E-state index is -0.927. The molecule has 1 saturated heterocycles. The van der Waals surface area contributed by atoms with Gasteiger partial charge in [-0.15, -0.1) is 0 Å². The van der Waals surface area contributed by atoms with Crippen LogP contribution in [0, 0.1) is 6.92 Å². The Bertz CT molecular complexity index is 485. The molecule has 1 aliphatic heterocycles. The van der Waals surface area contributed by atoms with Gasteiger partial charge in [-0.3, -0.25) is 4.79 Å². The summed E-state index contributed by atoms with van der Waals surface area (Å²) in [7, 11) is 0. The summed E-state index contributed by atoms with van der Waals surface area (Å²) < 4.78 is 10.7. The number of furan rings is 1. The highest BCUT2D eigenvalue weighted by atomic mass is 16.5. The first-order valence-corrected chi connectivity index (χ1v) is 6.46. The van der Waals surface area contributed by atoms with E-state index in [9.17, 15) is 9.59 Å². The highest BCUT2D eigenvalue weighted by molar-refractivity contribution is 5.74. The quantitative estimate of drug-likeness (QED) is 0.858. The van der Waals surface area contributed by atoms with Gasteiger partial charge in [0.25, 0.3) is 0 Å². The molecule has 1 unspecified atom stereocenters. The van der Waals surface area contributed by atoms with Crippen molar-refractivity contribution in [3.05, 3.63) is 23.7 Å². The average Bonchev–Trinajstić information content (AvgIpc) is 2.81. The van der Waals surface area contributed by atoms with Crippen molar-refractivity contribution in [1.82, 2.24) is 10.2 Å². The molecule has 2 heterocycles. The van der Waals surface area contributed by atoms with Crippen LogP contribution in [0.1, 0.15) is 17.9 Å². The second kappa shape index (κ2) is 6.42. The third kappa shape index (κ3) is 3.99. The van der Waals surface area contributed by atoms with Crippen LogP contribution in [0.2, 0.25) is 0 Å². The van der Waals surface area contributed by atoms with Crippen LogP contribution < -0.4 is 5.32 Å². The van der Waals surface area contributed by atoms with Crippen molar-refractivity contribution in [2.24, 2.45) is 0 Å². The fourth-order valence-electron chi connectivity index (χ4n) is 2.08. The summed E-state index contributed by atoms with van der Waals surface area (Å²) in [5.74, 6) is 0.552. The number of aliphatic carboxylic acids is 1. The molecule has 2 rings (SSSR count). The Kier molecular flexibility index (Phi) is 4.62. The van der Waals surface area contributed by atoms with Gasteiger partial charge in [0.15, 0.2) is 0 Å². The lowest BCUT2D eigenvalue weighted by Crippen LogP contribution is -2.49. The number of aryl methyl sites for hydroxylation is 1. The number of carbonyl (C=O) groups excluding carboxylic acids is 1. The van der Waals surface area contributed by atoms with Gasteiger partial charge in [0.2, 0.25) is 0 Å². The normalized spacial score (nSPS) is 18.9. The highest BCUT2D eigenvalue weighted by Crippen LogP contribution is 2.10. The Balaban J connectivity index is 1.81. The summed E-state index contributed by atoms with van der Waals surface area (Å²) in [4.78, 5) is 24.2. The molecule has 20 heavy (non-hydrogen) atoms. The monoisotopic (exact) mass is 282 g/mol. The Morgan fingerprint density at radius 2 is 2.30 bits per heavy atom. The first-order valence-electron chi connectivity index (χ1n) is 6.46. The molecule has 1 atom stereocenters. The number of carboxylic acids is 1. The molecule has 1 aliphatic rings. The molecule has 0 spiro atoms. The van der Waals surface area contributed by atoms with E-state index in [4.69, 9.17) is 14.3 Å². The van der Waals surface area contributed by atoms with Crippen LogP contribution in [0.5, 0.6) is 0 Å². The first-order chi connectivity index (χ1) is 9.54. The van der Waals surface area contributed by atoms with E-state index >= 15 is 0 Å². The molecule has 1 fully saturated rings. The summed E-state index contributed by atoms with van der Waals surface area (Å²) in [6.45, 7) is 3.25. The van der Waals surface area contributed by atoms with Gasteiger partial charge in [-0.2, -0.15) is 0 Å². The first kappa shape index (κ1) is 14.4. The van der Waals surface area contributed by atoms with Crippen molar-refractivity contribution in [2.75, 3.05) is 19.7 Å². The molecular formula is C13H18N2O5. The number of morpholine rings is 1. The number of carboxylic acid groups (broad SMARTS) is 1. The van der Waals surface area contributed by atoms with Crippen molar-refractivity contribution in [3.63, 3.8) is 0 Å². The van der Waals surface area contributed by atoms with E-state index in [0.29, 0.717) is 25.5 Å². The molecule has 0 saturated carbocycles. The van der Waals surface area contributed by atoms with Gasteiger partial charge < -0.3 is 24.5 Å². The average molecular weight is 282 g/mol. The van der Waals surface area contributed by atoms with Gasteiger partial charge in [0.05, 0.1) is 25.7 Å². The Labute approximate surface area is 116 Å². The van der Waals surface area contributed by atoms with Gasteiger partial charge in [-0.1, -0.05) is 0 Å². The maximum atomic E-state index is 12.0. The summed E-state index contributed by atoms with van der Waals surface area (Å²) in [6, 6.07) is 3.40. The van der Waals surface area contributed by atoms with E-state index < -0.39 is 12.1 Å². The van der Waals surface area contributed by atoms with E-state index in [0.717, 1.165) is 5.76 Å². The summed E-state index contributed by atoms with van der Waals surface area (Å²) in [5.41, 5.74) is 0. The van der Waals surface area contributed by atoms with Gasteiger partial charge in [-0.25, -0.2) is 4.79 Å². The third-order valence-corrected chi connectivity index (χ3v) is 3.04. The fourth-order valence-corrected chi connectivity index (χ4v) is 2.08. The van der Waals surface area contributed by atoms with E-state index in [1.165, 1.54) is 0 Å². The predicted molar refractivity (Wildman–Crippen MR) is 69.2 cm³/mol. The zero-order valence-electron chi connectivity index (χ0n) is 11.3. The predicted octanol–water partition coefficient (Wildman–Crippen LogP) is 0.973. The minimum absolute atomic E-state index is 0.0961. The molecule has 0 aliphatic carbocycles. The molecule has 1 aromatic heterocycles. The maximum Gasteiger partial charge on any atom is 0.317 e. The molecule has 2 N–H and O–H groups in total. The number of carbonyl (C=O) groups is 2. The molecule has 0 bridgehead atoms. The summed E-state index contributed by atoms with van der Waals surface area (Å²) >= 11 is 0. The Morgan fingerprint density at radius 3 is 2.95 bits per heavy atom. The molecule has 1 aromatic rings. The van der Waals surface area contributed by atoms with Gasteiger partial charge >= 0.3 is 12.0 Å². The highest BCUT2D eigenvalue weighted by Gasteiger charge is 2.25. The molecule has 110 valence electrons. The number of nitrogens with one attached hydrogen (secondary N) is 1. The van der Waals surface area contributed by atoms with Gasteiger partial charge in [-0.05, 0) is 19.1 Å². The smallest absolute Gasteiger partial charge is 0.317 e. The number of ether oxygens (including phenoxy) is 1. The number of nitrogens with zero attached hydrogens (tertiary/aromatic N) is 1. The molecule has 7 nitrogen and oxygen atoms in total. The fraction of sp³-hybridized carbons (Fsp3) is 0.538. The molecule has 7 heteroatoms. The van der Waals surface area contributed by atoms with E-state index in [2.05, 4.69) is 5.32 Å². The lowest BCUT2D eigenvalue weighted by molar-refractivity contribution is -0.141. The zero-order chi connectivity index (χ0) is 14.5. The van der Waals surface area contributed by atoms with E-state index in [1.807, 2.05) is 19.1 Å². The van der Waals surface area contributed by atoms with Crippen LogP contribution in [0.25, 0.3) is 0 Å². The number of amides is 2. The second-order valence-corrected chi connectivity index (χ2v) is 4.71. The van der Waals surface area contributed by atoms with Crippen LogP contribution in [-0.4, -0.2) is 47.8 Å². The van der Waals surface area contributed by atoms with Gasteiger partial charge in [0, 0.05) is 13.1 Å². The summed E-state index contributed by atoms with van der Waals surface area (Å²) in [6.07, 6.45) is -0.543. The van der Waals surface area contributed by atoms with E-state index in [1.54, 1.807) is 4.90 Å². The topological polar surface area (TPSA) is 92.0 Å². The molecular weight excluding hydrogens is 264 g/mol. The largest absolute Gasteiger partial charge is 0.481 e. The summed E-state index contributed by atoms with van der Waals surface area (Å²) in [5, 5.41) is 11.5. The second-order valence-electron chi connectivity index (χ2n) is 4.71.